The SMILES string of the molecule is COc1ccccc1S(=O)(=O)n1ncc2cnc(Nc3ccc(N4CCNCC4)cc3)nc21. The topological polar surface area (TPSA) is 114 Å². The van der Waals surface area contributed by atoms with Gasteiger partial charge >= 0.3 is 0 Å². The van der Waals surface area contributed by atoms with Crippen LogP contribution in [-0.2, 0) is 10.0 Å². The molecule has 0 amide bonds. The van der Waals surface area contributed by atoms with Crippen LogP contribution in [0.4, 0.5) is 17.3 Å². The number of benzene rings is 2. The summed E-state index contributed by atoms with van der Waals surface area (Å²) in [4.78, 5) is 11.1. The Hall–Kier alpha value is -3.70. The van der Waals surface area contributed by atoms with Crippen LogP contribution < -0.4 is 20.3 Å². The second-order valence-corrected chi connectivity index (χ2v) is 9.26. The van der Waals surface area contributed by atoms with Crippen molar-refractivity contribution < 1.29 is 13.2 Å². The number of para-hydroxylation sites is 1. The molecule has 11 heteroatoms. The van der Waals surface area contributed by atoms with E-state index in [4.69, 9.17) is 4.74 Å². The Morgan fingerprint density at radius 3 is 2.55 bits per heavy atom. The van der Waals surface area contributed by atoms with E-state index in [2.05, 4.69) is 30.6 Å². The first-order chi connectivity index (χ1) is 16.1. The molecule has 2 N–H and O–H groups in total. The quantitative estimate of drug-likeness (QED) is 0.442. The summed E-state index contributed by atoms with van der Waals surface area (Å²) in [5.74, 6) is 0.507. The summed E-state index contributed by atoms with van der Waals surface area (Å²) in [6, 6.07) is 14.4. The van der Waals surface area contributed by atoms with Gasteiger partial charge < -0.3 is 20.3 Å². The average molecular weight is 466 g/mol. The summed E-state index contributed by atoms with van der Waals surface area (Å²) in [6.07, 6.45) is 2.97. The van der Waals surface area contributed by atoms with E-state index in [1.807, 2.05) is 24.3 Å². The van der Waals surface area contributed by atoms with Crippen LogP contribution in [0.15, 0.2) is 65.8 Å². The third-order valence-electron chi connectivity index (χ3n) is 5.46. The zero-order valence-electron chi connectivity index (χ0n) is 18.0. The second kappa shape index (κ2) is 8.68. The molecule has 170 valence electrons. The van der Waals surface area contributed by atoms with Crippen LogP contribution in [0.3, 0.4) is 0 Å². The van der Waals surface area contributed by atoms with E-state index < -0.39 is 10.0 Å². The molecule has 10 nitrogen and oxygen atoms in total. The van der Waals surface area contributed by atoms with Gasteiger partial charge in [0.05, 0.1) is 18.7 Å². The Balaban J connectivity index is 1.44. The Morgan fingerprint density at radius 1 is 1.03 bits per heavy atom. The van der Waals surface area contributed by atoms with Crippen LogP contribution in [0.25, 0.3) is 11.0 Å². The third kappa shape index (κ3) is 4.08. The largest absolute Gasteiger partial charge is 0.495 e. The van der Waals surface area contributed by atoms with Crippen LogP contribution in [0.1, 0.15) is 0 Å². The monoisotopic (exact) mass is 465 g/mol. The highest BCUT2D eigenvalue weighted by Crippen LogP contribution is 2.27. The summed E-state index contributed by atoms with van der Waals surface area (Å²) < 4.78 is 32.7. The van der Waals surface area contributed by atoms with Crippen LogP contribution >= 0.6 is 0 Å². The van der Waals surface area contributed by atoms with Gasteiger partial charge in [-0.05, 0) is 36.4 Å². The van der Waals surface area contributed by atoms with Crippen LogP contribution in [0.2, 0.25) is 0 Å². The summed E-state index contributed by atoms with van der Waals surface area (Å²) in [5, 5.41) is 11.1. The Bertz CT molecular complexity index is 1380. The average Bonchev–Trinajstić information content (AvgIpc) is 3.29. The zero-order valence-corrected chi connectivity index (χ0v) is 18.8. The minimum Gasteiger partial charge on any atom is -0.495 e. The third-order valence-corrected chi connectivity index (χ3v) is 7.07. The van der Waals surface area contributed by atoms with Gasteiger partial charge in [0.15, 0.2) is 5.65 Å². The molecule has 1 aliphatic rings. The molecule has 2 aromatic carbocycles. The van der Waals surface area contributed by atoms with E-state index in [0.29, 0.717) is 5.39 Å². The van der Waals surface area contributed by atoms with Gasteiger partial charge in [-0.15, -0.1) is 4.09 Å². The standard InChI is InChI=1S/C22H23N7O3S/c1-32-19-4-2-3-5-20(19)33(30,31)29-21-16(15-25-29)14-24-22(27-21)26-17-6-8-18(9-7-17)28-12-10-23-11-13-28/h2-9,14-15,23H,10-13H2,1H3,(H,24,26,27). The molecule has 1 fully saturated rings. The molecule has 33 heavy (non-hydrogen) atoms. The number of aromatic nitrogens is 4. The van der Waals surface area contributed by atoms with Crippen molar-refractivity contribution in [3.05, 3.63) is 60.9 Å². The van der Waals surface area contributed by atoms with Gasteiger partial charge in [-0.25, -0.2) is 4.98 Å². The molecule has 4 aromatic rings. The molecule has 0 bridgehead atoms. The van der Waals surface area contributed by atoms with Gasteiger partial charge in [0.2, 0.25) is 5.95 Å². The second-order valence-electron chi connectivity index (χ2n) is 7.52. The Labute approximate surface area is 191 Å². The van der Waals surface area contributed by atoms with Crippen molar-refractivity contribution in [2.75, 3.05) is 43.5 Å². The number of piperazine rings is 1. The number of methoxy groups -OCH3 is 1. The number of nitrogens with zero attached hydrogens (tertiary/aromatic N) is 5. The lowest BCUT2D eigenvalue weighted by Gasteiger charge is -2.29. The number of ether oxygens (including phenoxy) is 1. The molecule has 1 saturated heterocycles. The van der Waals surface area contributed by atoms with Crippen molar-refractivity contribution in [2.45, 2.75) is 4.90 Å². The van der Waals surface area contributed by atoms with Crippen LogP contribution in [0.5, 0.6) is 5.75 Å². The summed E-state index contributed by atoms with van der Waals surface area (Å²) in [6.45, 7) is 3.88. The molecule has 5 rings (SSSR count). The maximum absolute atomic E-state index is 13.3. The number of hydrogen-bond donors (Lipinski definition) is 2. The predicted molar refractivity (Wildman–Crippen MR) is 126 cm³/mol. The number of hydrogen-bond acceptors (Lipinski definition) is 9. The van der Waals surface area contributed by atoms with Crippen LogP contribution in [-0.4, -0.2) is 60.9 Å². The fraction of sp³-hybridized carbons (Fsp3) is 0.227. The van der Waals surface area contributed by atoms with E-state index in [1.165, 1.54) is 19.4 Å². The lowest BCUT2D eigenvalue weighted by Crippen LogP contribution is -2.43. The number of rotatable bonds is 6. The summed E-state index contributed by atoms with van der Waals surface area (Å²) >= 11 is 0. The minimum absolute atomic E-state index is 0.00845. The summed E-state index contributed by atoms with van der Waals surface area (Å²) in [5.41, 5.74) is 2.13. The van der Waals surface area contributed by atoms with Crippen molar-refractivity contribution in [1.29, 1.82) is 0 Å². The molecular weight excluding hydrogens is 442 g/mol. The van der Waals surface area contributed by atoms with E-state index >= 15 is 0 Å². The van der Waals surface area contributed by atoms with E-state index in [9.17, 15) is 8.42 Å². The first-order valence-electron chi connectivity index (χ1n) is 10.5. The predicted octanol–water partition coefficient (Wildman–Crippen LogP) is 2.23. The van der Waals surface area contributed by atoms with Gasteiger partial charge in [0.1, 0.15) is 10.6 Å². The first kappa shape index (κ1) is 21.2. The molecule has 0 unspecified atom stereocenters. The number of anilines is 3. The first-order valence-corrected chi connectivity index (χ1v) is 11.9. The molecule has 2 aromatic heterocycles. The van der Waals surface area contributed by atoms with E-state index in [1.54, 1.807) is 24.4 Å². The highest BCUT2D eigenvalue weighted by atomic mass is 32.2. The lowest BCUT2D eigenvalue weighted by atomic mass is 10.2. The fourth-order valence-corrected chi connectivity index (χ4v) is 5.15. The maximum Gasteiger partial charge on any atom is 0.288 e. The van der Waals surface area contributed by atoms with Crippen molar-refractivity contribution in [3.8, 4) is 5.75 Å². The van der Waals surface area contributed by atoms with Gasteiger partial charge in [0, 0.05) is 43.8 Å². The number of nitrogens with one attached hydrogen (secondary N) is 2. The maximum atomic E-state index is 13.3. The Kier molecular flexibility index (Phi) is 5.56. The summed E-state index contributed by atoms with van der Waals surface area (Å²) in [7, 11) is -2.60. The van der Waals surface area contributed by atoms with Crippen molar-refractivity contribution >= 4 is 38.4 Å². The molecule has 1 aliphatic heterocycles. The minimum atomic E-state index is -4.02. The van der Waals surface area contributed by atoms with Crippen molar-refractivity contribution in [1.82, 2.24) is 24.5 Å². The molecule has 0 atom stereocenters. The fourth-order valence-electron chi connectivity index (χ4n) is 3.76. The molecule has 0 radical (unpaired) electrons. The van der Waals surface area contributed by atoms with Gasteiger partial charge in [-0.1, -0.05) is 12.1 Å². The van der Waals surface area contributed by atoms with Crippen molar-refractivity contribution in [3.63, 3.8) is 0 Å². The smallest absolute Gasteiger partial charge is 0.288 e. The van der Waals surface area contributed by atoms with Gasteiger partial charge in [-0.3, -0.25) is 0 Å². The zero-order chi connectivity index (χ0) is 22.8. The lowest BCUT2D eigenvalue weighted by molar-refractivity contribution is 0.402. The Morgan fingerprint density at radius 2 is 1.79 bits per heavy atom. The van der Waals surface area contributed by atoms with Crippen molar-refractivity contribution in [2.24, 2.45) is 0 Å². The number of fused-ring (bicyclic) bond motifs is 1. The van der Waals surface area contributed by atoms with E-state index in [0.717, 1.165) is 41.6 Å². The normalized spacial score (nSPS) is 14.4. The van der Waals surface area contributed by atoms with Gasteiger partial charge in [-0.2, -0.15) is 18.5 Å². The van der Waals surface area contributed by atoms with Crippen LogP contribution in [0, 0.1) is 0 Å². The molecule has 0 saturated carbocycles. The highest BCUT2D eigenvalue weighted by Gasteiger charge is 2.25. The van der Waals surface area contributed by atoms with Gasteiger partial charge in [0.25, 0.3) is 10.0 Å². The molecule has 3 heterocycles. The van der Waals surface area contributed by atoms with E-state index in [-0.39, 0.29) is 22.2 Å². The molecule has 0 spiro atoms. The molecular formula is C22H23N7O3S. The molecule has 0 aliphatic carbocycles. The highest BCUT2D eigenvalue weighted by molar-refractivity contribution is 7.90.